The van der Waals surface area contributed by atoms with E-state index >= 15 is 0 Å². The van der Waals surface area contributed by atoms with Crippen LogP contribution in [0.5, 0.6) is 5.75 Å². The van der Waals surface area contributed by atoms with Crippen LogP contribution in [0.3, 0.4) is 0 Å². The van der Waals surface area contributed by atoms with Crippen molar-refractivity contribution in [1.29, 1.82) is 0 Å². The molecule has 0 spiro atoms. The summed E-state index contributed by atoms with van der Waals surface area (Å²) in [6, 6.07) is 11.4. The minimum atomic E-state index is -0.304. The third kappa shape index (κ3) is 2.97. The second-order valence-corrected chi connectivity index (χ2v) is 5.69. The molecule has 0 fully saturated rings. The highest BCUT2D eigenvalue weighted by molar-refractivity contribution is 14.1. The van der Waals surface area contributed by atoms with Gasteiger partial charge in [-0.25, -0.2) is 4.79 Å². The van der Waals surface area contributed by atoms with Crippen molar-refractivity contribution in [2.24, 2.45) is 0 Å². The highest BCUT2D eigenvalue weighted by Gasteiger charge is 2.15. The van der Waals surface area contributed by atoms with E-state index in [1.54, 1.807) is 6.07 Å². The Balaban J connectivity index is 2.35. The van der Waals surface area contributed by atoms with Crippen molar-refractivity contribution in [2.45, 2.75) is 20.8 Å². The quantitative estimate of drug-likeness (QED) is 0.446. The Morgan fingerprint density at radius 1 is 1.00 bits per heavy atom. The zero-order valence-corrected chi connectivity index (χ0v) is 13.3. The normalized spacial score (nSPS) is 10.3. The van der Waals surface area contributed by atoms with Crippen LogP contribution in [0.25, 0.3) is 0 Å². The topological polar surface area (TPSA) is 26.3 Å². The van der Waals surface area contributed by atoms with Crippen molar-refractivity contribution in [1.82, 2.24) is 0 Å². The van der Waals surface area contributed by atoms with Gasteiger partial charge in [-0.2, -0.15) is 0 Å². The fraction of sp³-hybridized carbons (Fsp3) is 0.188. The van der Waals surface area contributed by atoms with Crippen LogP contribution in [-0.2, 0) is 0 Å². The van der Waals surface area contributed by atoms with Gasteiger partial charge in [0.1, 0.15) is 5.75 Å². The highest BCUT2D eigenvalue weighted by atomic mass is 127. The van der Waals surface area contributed by atoms with E-state index in [0.29, 0.717) is 11.3 Å². The summed E-state index contributed by atoms with van der Waals surface area (Å²) >= 11 is 2.14. The fourth-order valence-corrected chi connectivity index (χ4v) is 2.46. The molecular formula is C16H15IO2. The first kappa shape index (κ1) is 14.1. The van der Waals surface area contributed by atoms with Crippen LogP contribution in [0.2, 0.25) is 0 Å². The van der Waals surface area contributed by atoms with E-state index in [2.05, 4.69) is 22.6 Å². The van der Waals surface area contributed by atoms with Crippen LogP contribution in [0.4, 0.5) is 0 Å². The molecule has 2 nitrogen and oxygen atoms in total. The Hall–Kier alpha value is -1.36. The van der Waals surface area contributed by atoms with Crippen molar-refractivity contribution < 1.29 is 9.53 Å². The molecule has 0 saturated carbocycles. The molecule has 0 unspecified atom stereocenters. The van der Waals surface area contributed by atoms with E-state index in [9.17, 15) is 4.79 Å². The van der Waals surface area contributed by atoms with Crippen LogP contribution in [0.15, 0.2) is 36.4 Å². The number of rotatable bonds is 2. The molecule has 0 radical (unpaired) electrons. The van der Waals surface area contributed by atoms with E-state index < -0.39 is 0 Å². The molecule has 0 aliphatic heterocycles. The molecular weight excluding hydrogens is 351 g/mol. The molecule has 0 amide bonds. The van der Waals surface area contributed by atoms with Gasteiger partial charge in [0.15, 0.2) is 0 Å². The van der Waals surface area contributed by atoms with E-state index in [0.717, 1.165) is 20.3 Å². The van der Waals surface area contributed by atoms with Crippen LogP contribution in [0.1, 0.15) is 27.0 Å². The van der Waals surface area contributed by atoms with Crippen molar-refractivity contribution in [2.75, 3.05) is 0 Å². The third-order valence-electron chi connectivity index (χ3n) is 3.16. The number of carbonyl (C=O) groups is 1. The smallest absolute Gasteiger partial charge is 0.344 e. The number of benzene rings is 2. The number of aryl methyl sites for hydroxylation is 2. The van der Waals surface area contributed by atoms with Gasteiger partial charge in [0, 0.05) is 3.57 Å². The SMILES string of the molecule is Cc1ccc(C)c(OC(=O)c2ccccc2I)c1C. The Morgan fingerprint density at radius 3 is 2.32 bits per heavy atom. The number of halogens is 1. The average molecular weight is 366 g/mol. The minimum Gasteiger partial charge on any atom is -0.422 e. The standard InChI is InChI=1S/C16H15IO2/c1-10-8-9-11(2)15(12(10)3)19-16(18)13-6-4-5-7-14(13)17/h4-9H,1-3H3. The lowest BCUT2D eigenvalue weighted by molar-refractivity contribution is 0.0731. The number of ether oxygens (including phenoxy) is 1. The predicted molar refractivity (Wildman–Crippen MR) is 84.8 cm³/mol. The van der Waals surface area contributed by atoms with Crippen molar-refractivity contribution in [3.8, 4) is 5.75 Å². The Labute approximate surface area is 126 Å². The van der Waals surface area contributed by atoms with Gasteiger partial charge in [-0.3, -0.25) is 0 Å². The van der Waals surface area contributed by atoms with Crippen molar-refractivity contribution >= 4 is 28.6 Å². The molecule has 0 atom stereocenters. The third-order valence-corrected chi connectivity index (χ3v) is 4.10. The minimum absolute atomic E-state index is 0.304. The Morgan fingerprint density at radius 2 is 1.63 bits per heavy atom. The summed E-state index contributed by atoms with van der Waals surface area (Å²) in [4.78, 5) is 12.2. The van der Waals surface area contributed by atoms with Gasteiger partial charge in [-0.15, -0.1) is 0 Å². The molecule has 2 rings (SSSR count). The average Bonchev–Trinajstić information content (AvgIpc) is 2.39. The molecule has 0 aromatic heterocycles. The fourth-order valence-electron chi connectivity index (χ4n) is 1.86. The molecule has 0 heterocycles. The lowest BCUT2D eigenvalue weighted by atomic mass is 10.1. The molecule has 0 saturated heterocycles. The lowest BCUT2D eigenvalue weighted by Crippen LogP contribution is -2.12. The summed E-state index contributed by atoms with van der Waals surface area (Å²) in [5.41, 5.74) is 3.71. The Bertz CT molecular complexity index is 633. The van der Waals surface area contributed by atoms with E-state index in [4.69, 9.17) is 4.74 Å². The summed E-state index contributed by atoms with van der Waals surface area (Å²) in [5, 5.41) is 0. The summed E-state index contributed by atoms with van der Waals surface area (Å²) in [7, 11) is 0. The Kier molecular flexibility index (Phi) is 4.24. The molecule has 0 aliphatic carbocycles. The van der Waals surface area contributed by atoms with Gasteiger partial charge in [-0.05, 0) is 72.2 Å². The number of esters is 1. The molecule has 3 heteroatoms. The largest absolute Gasteiger partial charge is 0.422 e. The first-order valence-corrected chi connectivity index (χ1v) is 7.12. The second kappa shape index (κ2) is 5.74. The lowest BCUT2D eigenvalue weighted by Gasteiger charge is -2.13. The molecule has 19 heavy (non-hydrogen) atoms. The van der Waals surface area contributed by atoms with E-state index in [1.165, 1.54) is 0 Å². The molecule has 2 aromatic carbocycles. The van der Waals surface area contributed by atoms with Gasteiger partial charge in [0.05, 0.1) is 5.56 Å². The van der Waals surface area contributed by atoms with Crippen molar-refractivity contribution in [3.05, 3.63) is 62.2 Å². The zero-order valence-electron chi connectivity index (χ0n) is 11.2. The monoisotopic (exact) mass is 366 g/mol. The molecule has 2 aromatic rings. The van der Waals surface area contributed by atoms with Gasteiger partial charge in [0.25, 0.3) is 0 Å². The highest BCUT2D eigenvalue weighted by Crippen LogP contribution is 2.27. The summed E-state index contributed by atoms with van der Waals surface area (Å²) in [6.07, 6.45) is 0. The van der Waals surface area contributed by atoms with E-state index in [-0.39, 0.29) is 5.97 Å². The van der Waals surface area contributed by atoms with Crippen LogP contribution in [-0.4, -0.2) is 5.97 Å². The maximum absolute atomic E-state index is 12.2. The summed E-state index contributed by atoms with van der Waals surface area (Å²) in [5.74, 6) is 0.367. The summed E-state index contributed by atoms with van der Waals surface area (Å²) < 4.78 is 6.48. The molecule has 98 valence electrons. The number of hydrogen-bond acceptors (Lipinski definition) is 2. The number of carbonyl (C=O) groups excluding carboxylic acids is 1. The van der Waals surface area contributed by atoms with Crippen molar-refractivity contribution in [3.63, 3.8) is 0 Å². The second-order valence-electron chi connectivity index (χ2n) is 4.52. The van der Waals surface area contributed by atoms with Crippen LogP contribution in [0, 0.1) is 24.3 Å². The zero-order chi connectivity index (χ0) is 14.0. The first-order chi connectivity index (χ1) is 9.00. The maximum Gasteiger partial charge on any atom is 0.344 e. The first-order valence-electron chi connectivity index (χ1n) is 6.04. The van der Waals surface area contributed by atoms with Crippen LogP contribution >= 0.6 is 22.6 Å². The predicted octanol–water partition coefficient (Wildman–Crippen LogP) is 4.44. The maximum atomic E-state index is 12.2. The summed E-state index contributed by atoms with van der Waals surface area (Å²) in [6.45, 7) is 5.93. The van der Waals surface area contributed by atoms with Gasteiger partial charge in [-0.1, -0.05) is 24.3 Å². The van der Waals surface area contributed by atoms with E-state index in [1.807, 2.05) is 51.1 Å². The van der Waals surface area contributed by atoms with Crippen LogP contribution < -0.4 is 4.74 Å². The van der Waals surface area contributed by atoms with Gasteiger partial charge in [0.2, 0.25) is 0 Å². The van der Waals surface area contributed by atoms with Gasteiger partial charge >= 0.3 is 5.97 Å². The number of hydrogen-bond donors (Lipinski definition) is 0. The molecule has 0 N–H and O–H groups in total. The molecule has 0 bridgehead atoms. The van der Waals surface area contributed by atoms with Gasteiger partial charge < -0.3 is 4.74 Å². The molecule has 0 aliphatic rings.